The molecule has 2 aromatic rings. The lowest BCUT2D eigenvalue weighted by Crippen LogP contribution is -2.38. The second kappa shape index (κ2) is 6.85. The molecule has 2 aromatic carbocycles. The quantitative estimate of drug-likeness (QED) is 0.721. The fourth-order valence-electron chi connectivity index (χ4n) is 3.81. The standard InChI is InChI=1S/C19H22N6O2S/c1-12-2-7-15(16(17(12)28(21,26)27)18-23-11-24-25-18)13-3-5-14(6-4-13)19(20)8-9-22-10-19/h2-7,22H,8-11,20H2,1H3,(H2,21,26,27)/t19-/m0/s1. The molecule has 2 aliphatic rings. The first-order chi connectivity index (χ1) is 13.3. The van der Waals surface area contributed by atoms with E-state index in [4.69, 9.17) is 10.9 Å². The van der Waals surface area contributed by atoms with Crippen molar-refractivity contribution in [3.63, 3.8) is 0 Å². The molecule has 0 spiro atoms. The Balaban J connectivity index is 1.87. The Kier molecular flexibility index (Phi) is 4.62. The van der Waals surface area contributed by atoms with Gasteiger partial charge in [0.2, 0.25) is 10.0 Å². The Morgan fingerprint density at radius 1 is 1.14 bits per heavy atom. The number of hydrogen-bond donors (Lipinski definition) is 3. The SMILES string of the molecule is Cc1ccc(-c2ccc([C@]3(N)CCNC3)cc2)c(C2=NCN=N2)c1S(N)(=O)=O. The summed E-state index contributed by atoms with van der Waals surface area (Å²) in [6.45, 7) is 3.50. The molecule has 0 radical (unpaired) electrons. The minimum atomic E-state index is -3.97. The maximum atomic E-state index is 12.3. The van der Waals surface area contributed by atoms with Gasteiger partial charge in [-0.05, 0) is 42.1 Å². The first kappa shape index (κ1) is 18.9. The van der Waals surface area contributed by atoms with Crippen molar-refractivity contribution >= 4 is 15.9 Å². The van der Waals surface area contributed by atoms with Crippen molar-refractivity contribution in [2.45, 2.75) is 23.8 Å². The lowest BCUT2D eigenvalue weighted by molar-refractivity contribution is 0.494. The van der Waals surface area contributed by atoms with Gasteiger partial charge in [0, 0.05) is 12.1 Å². The van der Waals surface area contributed by atoms with Crippen LogP contribution in [0.3, 0.4) is 0 Å². The fraction of sp³-hybridized carbons (Fsp3) is 0.316. The summed E-state index contributed by atoms with van der Waals surface area (Å²) < 4.78 is 24.6. The van der Waals surface area contributed by atoms with Crippen LogP contribution in [0.5, 0.6) is 0 Å². The first-order valence-corrected chi connectivity index (χ1v) is 10.5. The van der Waals surface area contributed by atoms with Gasteiger partial charge in [0.25, 0.3) is 0 Å². The minimum Gasteiger partial charge on any atom is -0.320 e. The molecule has 146 valence electrons. The Morgan fingerprint density at radius 2 is 1.89 bits per heavy atom. The van der Waals surface area contributed by atoms with Crippen LogP contribution in [0.4, 0.5) is 0 Å². The van der Waals surface area contributed by atoms with Crippen LogP contribution < -0.4 is 16.2 Å². The molecule has 9 heteroatoms. The van der Waals surface area contributed by atoms with Gasteiger partial charge in [-0.25, -0.2) is 18.5 Å². The van der Waals surface area contributed by atoms with Crippen LogP contribution in [-0.4, -0.2) is 34.0 Å². The normalized spacial score (nSPS) is 21.9. The zero-order valence-electron chi connectivity index (χ0n) is 15.5. The third kappa shape index (κ3) is 3.26. The summed E-state index contributed by atoms with van der Waals surface area (Å²) in [4.78, 5) is 4.27. The highest BCUT2D eigenvalue weighted by Gasteiger charge is 2.31. The van der Waals surface area contributed by atoms with Gasteiger partial charge in [-0.15, -0.1) is 5.11 Å². The number of primary sulfonamides is 1. The van der Waals surface area contributed by atoms with E-state index in [0.29, 0.717) is 16.7 Å². The van der Waals surface area contributed by atoms with Crippen molar-refractivity contribution in [2.75, 3.05) is 19.8 Å². The van der Waals surface area contributed by atoms with Crippen LogP contribution in [0, 0.1) is 6.92 Å². The smallest absolute Gasteiger partial charge is 0.239 e. The summed E-state index contributed by atoms with van der Waals surface area (Å²) in [6, 6.07) is 11.5. The Morgan fingerprint density at radius 3 is 2.46 bits per heavy atom. The molecule has 28 heavy (non-hydrogen) atoms. The van der Waals surface area contributed by atoms with E-state index in [0.717, 1.165) is 30.6 Å². The van der Waals surface area contributed by atoms with Crippen molar-refractivity contribution in [1.29, 1.82) is 0 Å². The van der Waals surface area contributed by atoms with Crippen LogP contribution in [0.2, 0.25) is 0 Å². The molecule has 0 bridgehead atoms. The highest BCUT2D eigenvalue weighted by Crippen LogP contribution is 2.34. The van der Waals surface area contributed by atoms with E-state index in [-0.39, 0.29) is 22.9 Å². The topological polar surface area (TPSA) is 135 Å². The summed E-state index contributed by atoms with van der Waals surface area (Å²) in [5.74, 6) is 0.280. The molecule has 1 saturated heterocycles. The number of aliphatic imine (C=N–C) groups is 1. The molecule has 2 heterocycles. The molecule has 1 atom stereocenters. The molecule has 0 aliphatic carbocycles. The maximum absolute atomic E-state index is 12.3. The van der Waals surface area contributed by atoms with Crippen LogP contribution in [0.25, 0.3) is 11.1 Å². The van der Waals surface area contributed by atoms with Crippen molar-refractivity contribution in [1.82, 2.24) is 5.32 Å². The molecule has 5 N–H and O–H groups in total. The lowest BCUT2D eigenvalue weighted by atomic mass is 9.88. The van der Waals surface area contributed by atoms with Gasteiger partial charge in [-0.3, -0.25) is 0 Å². The second-order valence-corrected chi connectivity index (χ2v) is 8.70. The lowest BCUT2D eigenvalue weighted by Gasteiger charge is -2.23. The Hall–Kier alpha value is -2.46. The number of amidine groups is 1. The van der Waals surface area contributed by atoms with Crippen LogP contribution >= 0.6 is 0 Å². The molecule has 4 rings (SSSR count). The van der Waals surface area contributed by atoms with Gasteiger partial charge < -0.3 is 11.1 Å². The number of nitrogens with zero attached hydrogens (tertiary/aromatic N) is 3. The van der Waals surface area contributed by atoms with Gasteiger partial charge in [-0.2, -0.15) is 5.11 Å². The zero-order chi connectivity index (χ0) is 19.9. The number of nitrogens with two attached hydrogens (primary N) is 2. The average molecular weight is 398 g/mol. The molecule has 2 aliphatic heterocycles. The number of benzene rings is 2. The summed E-state index contributed by atoms with van der Waals surface area (Å²) in [5.41, 5.74) is 9.61. The maximum Gasteiger partial charge on any atom is 0.239 e. The van der Waals surface area contributed by atoms with Crippen LogP contribution in [0.15, 0.2) is 56.5 Å². The molecular weight excluding hydrogens is 376 g/mol. The number of rotatable bonds is 4. The number of nitrogens with one attached hydrogen (secondary N) is 1. The van der Waals surface area contributed by atoms with Crippen molar-refractivity contribution < 1.29 is 8.42 Å². The largest absolute Gasteiger partial charge is 0.320 e. The third-order valence-electron chi connectivity index (χ3n) is 5.27. The molecule has 0 saturated carbocycles. The first-order valence-electron chi connectivity index (χ1n) is 8.99. The van der Waals surface area contributed by atoms with E-state index in [1.165, 1.54) is 0 Å². The molecule has 0 amide bonds. The monoisotopic (exact) mass is 398 g/mol. The molecule has 0 aromatic heterocycles. The minimum absolute atomic E-state index is 0.0314. The van der Waals surface area contributed by atoms with E-state index < -0.39 is 10.0 Å². The van der Waals surface area contributed by atoms with E-state index in [2.05, 4.69) is 20.5 Å². The van der Waals surface area contributed by atoms with Crippen LogP contribution in [0.1, 0.15) is 23.1 Å². The van der Waals surface area contributed by atoms with Gasteiger partial charge in [0.1, 0.15) is 0 Å². The van der Waals surface area contributed by atoms with Gasteiger partial charge >= 0.3 is 0 Å². The molecular formula is C19H22N6O2S. The van der Waals surface area contributed by atoms with Gasteiger partial charge in [0.15, 0.2) is 12.5 Å². The predicted molar refractivity (Wildman–Crippen MR) is 108 cm³/mol. The van der Waals surface area contributed by atoms with E-state index in [1.807, 2.05) is 30.3 Å². The molecule has 0 unspecified atom stereocenters. The molecule has 1 fully saturated rings. The summed E-state index contributed by atoms with van der Waals surface area (Å²) >= 11 is 0. The Bertz CT molecular complexity index is 1080. The number of sulfonamides is 1. The number of aryl methyl sites for hydroxylation is 1. The highest BCUT2D eigenvalue weighted by molar-refractivity contribution is 7.89. The third-order valence-corrected chi connectivity index (χ3v) is 6.37. The Labute approximate surface area is 163 Å². The summed E-state index contributed by atoms with van der Waals surface area (Å²) in [6.07, 6.45) is 0.870. The summed E-state index contributed by atoms with van der Waals surface area (Å²) in [7, 11) is -3.97. The highest BCUT2D eigenvalue weighted by atomic mass is 32.2. The van der Waals surface area contributed by atoms with Crippen LogP contribution in [-0.2, 0) is 15.6 Å². The van der Waals surface area contributed by atoms with E-state index in [1.54, 1.807) is 13.0 Å². The predicted octanol–water partition coefficient (Wildman–Crippen LogP) is 1.63. The number of hydrogen-bond acceptors (Lipinski definition) is 7. The zero-order valence-corrected chi connectivity index (χ0v) is 16.3. The van der Waals surface area contributed by atoms with E-state index >= 15 is 0 Å². The number of azo groups is 1. The molecule has 8 nitrogen and oxygen atoms in total. The van der Waals surface area contributed by atoms with Crippen molar-refractivity contribution in [2.24, 2.45) is 26.1 Å². The van der Waals surface area contributed by atoms with E-state index in [9.17, 15) is 8.42 Å². The fourth-order valence-corrected chi connectivity index (χ4v) is 4.82. The second-order valence-electron chi connectivity index (χ2n) is 7.20. The average Bonchev–Trinajstić information content (AvgIpc) is 3.33. The van der Waals surface area contributed by atoms with Crippen molar-refractivity contribution in [3.05, 3.63) is 53.1 Å². The van der Waals surface area contributed by atoms with Gasteiger partial charge in [0.05, 0.1) is 10.4 Å². The van der Waals surface area contributed by atoms with Gasteiger partial charge in [-0.1, -0.05) is 36.4 Å². The van der Waals surface area contributed by atoms with Crippen molar-refractivity contribution in [3.8, 4) is 11.1 Å². The summed E-state index contributed by atoms with van der Waals surface area (Å²) in [5, 5.41) is 16.7.